The lowest BCUT2D eigenvalue weighted by atomic mass is 9.96. The van der Waals surface area contributed by atoms with Crippen LogP contribution in [-0.2, 0) is 16.4 Å². The van der Waals surface area contributed by atoms with Crippen LogP contribution in [0.2, 0.25) is 0 Å². The summed E-state index contributed by atoms with van der Waals surface area (Å²) in [6, 6.07) is 8.67. The summed E-state index contributed by atoms with van der Waals surface area (Å²) in [5.74, 6) is 1.62. The van der Waals surface area contributed by atoms with Crippen LogP contribution in [0.4, 0.5) is 0 Å². The third-order valence-electron chi connectivity index (χ3n) is 4.88. The highest BCUT2D eigenvalue weighted by molar-refractivity contribution is 7.89. The maximum atomic E-state index is 13.1. The third kappa shape index (κ3) is 3.82. The van der Waals surface area contributed by atoms with E-state index in [9.17, 15) is 8.42 Å². The molecule has 7 nitrogen and oxygen atoms in total. The SMILES string of the molecule is COc1ccccc1S(=O)(=O)N1CCCC(Cc2nc(-c3ccsc3)no2)C1. The van der Waals surface area contributed by atoms with Crippen molar-refractivity contribution in [2.24, 2.45) is 5.92 Å². The lowest BCUT2D eigenvalue weighted by Crippen LogP contribution is -2.40. The smallest absolute Gasteiger partial charge is 0.246 e. The Labute approximate surface area is 168 Å². The summed E-state index contributed by atoms with van der Waals surface area (Å²) < 4.78 is 38.4. The van der Waals surface area contributed by atoms with Gasteiger partial charge in [-0.15, -0.1) is 0 Å². The van der Waals surface area contributed by atoms with Crippen LogP contribution in [0.1, 0.15) is 18.7 Å². The predicted octanol–water partition coefficient (Wildman–Crippen LogP) is 3.45. The lowest BCUT2D eigenvalue weighted by molar-refractivity contribution is 0.246. The molecular formula is C19H21N3O4S2. The number of rotatable bonds is 6. The molecule has 0 bridgehead atoms. The van der Waals surface area contributed by atoms with Crippen molar-refractivity contribution in [1.29, 1.82) is 0 Å². The van der Waals surface area contributed by atoms with Crippen molar-refractivity contribution >= 4 is 21.4 Å². The number of hydrogen-bond acceptors (Lipinski definition) is 7. The van der Waals surface area contributed by atoms with E-state index in [4.69, 9.17) is 9.26 Å². The van der Waals surface area contributed by atoms with Crippen LogP contribution in [-0.4, -0.2) is 43.1 Å². The molecule has 1 aliphatic heterocycles. The maximum Gasteiger partial charge on any atom is 0.246 e. The first-order chi connectivity index (χ1) is 13.6. The highest BCUT2D eigenvalue weighted by Crippen LogP contribution is 2.30. The van der Waals surface area contributed by atoms with E-state index in [0.717, 1.165) is 18.4 Å². The van der Waals surface area contributed by atoms with Gasteiger partial charge >= 0.3 is 0 Å². The van der Waals surface area contributed by atoms with Gasteiger partial charge in [0.1, 0.15) is 10.6 Å². The van der Waals surface area contributed by atoms with Crippen LogP contribution < -0.4 is 4.74 Å². The van der Waals surface area contributed by atoms with Crippen LogP contribution in [0.3, 0.4) is 0 Å². The van der Waals surface area contributed by atoms with Crippen molar-refractivity contribution in [3.63, 3.8) is 0 Å². The number of aromatic nitrogens is 2. The van der Waals surface area contributed by atoms with E-state index in [1.165, 1.54) is 11.4 Å². The van der Waals surface area contributed by atoms with Gasteiger partial charge in [-0.3, -0.25) is 0 Å². The molecule has 0 radical (unpaired) electrons. The van der Waals surface area contributed by atoms with Gasteiger partial charge in [0.25, 0.3) is 0 Å². The van der Waals surface area contributed by atoms with Crippen LogP contribution in [0.5, 0.6) is 5.75 Å². The molecular weight excluding hydrogens is 398 g/mol. The van der Waals surface area contributed by atoms with E-state index >= 15 is 0 Å². The number of hydrogen-bond donors (Lipinski definition) is 0. The molecule has 1 aromatic carbocycles. The van der Waals surface area contributed by atoms with Gasteiger partial charge in [-0.05, 0) is 42.3 Å². The Kier molecular flexibility index (Phi) is 5.47. The Balaban J connectivity index is 1.49. The molecule has 0 aliphatic carbocycles. The Bertz CT molecular complexity index is 1030. The van der Waals surface area contributed by atoms with Crippen LogP contribution in [0, 0.1) is 5.92 Å². The van der Waals surface area contributed by atoms with E-state index in [2.05, 4.69) is 10.1 Å². The zero-order chi connectivity index (χ0) is 19.6. The highest BCUT2D eigenvalue weighted by Gasteiger charge is 2.32. The van der Waals surface area contributed by atoms with Crippen LogP contribution in [0.15, 0.2) is 50.5 Å². The zero-order valence-electron chi connectivity index (χ0n) is 15.4. The van der Waals surface area contributed by atoms with E-state index < -0.39 is 10.0 Å². The first-order valence-corrected chi connectivity index (χ1v) is 11.4. The summed E-state index contributed by atoms with van der Waals surface area (Å²) in [7, 11) is -2.14. The van der Waals surface area contributed by atoms with Gasteiger partial charge in [0.05, 0.1) is 7.11 Å². The van der Waals surface area contributed by atoms with Crippen molar-refractivity contribution < 1.29 is 17.7 Å². The van der Waals surface area contributed by atoms with E-state index in [-0.39, 0.29) is 10.8 Å². The van der Waals surface area contributed by atoms with E-state index in [1.807, 2.05) is 16.8 Å². The fraction of sp³-hybridized carbons (Fsp3) is 0.368. The molecule has 0 N–H and O–H groups in total. The summed E-state index contributed by atoms with van der Waals surface area (Å²) in [6.07, 6.45) is 2.29. The second-order valence-electron chi connectivity index (χ2n) is 6.75. The van der Waals surface area contributed by atoms with Crippen molar-refractivity contribution in [2.75, 3.05) is 20.2 Å². The second-order valence-corrected chi connectivity index (χ2v) is 9.44. The van der Waals surface area contributed by atoms with Crippen LogP contribution in [0.25, 0.3) is 11.4 Å². The fourth-order valence-electron chi connectivity index (χ4n) is 3.48. The largest absolute Gasteiger partial charge is 0.495 e. The zero-order valence-corrected chi connectivity index (χ0v) is 17.1. The minimum atomic E-state index is -3.62. The first kappa shape index (κ1) is 19.1. The Morgan fingerprint density at radius 3 is 2.96 bits per heavy atom. The molecule has 1 aliphatic rings. The Morgan fingerprint density at radius 2 is 2.18 bits per heavy atom. The minimum absolute atomic E-state index is 0.133. The van der Waals surface area contributed by atoms with E-state index in [1.54, 1.807) is 35.6 Å². The molecule has 4 rings (SSSR count). The number of para-hydroxylation sites is 1. The van der Waals surface area contributed by atoms with Crippen molar-refractivity contribution in [3.05, 3.63) is 47.0 Å². The van der Waals surface area contributed by atoms with Gasteiger partial charge in [-0.25, -0.2) is 8.42 Å². The fourth-order valence-corrected chi connectivity index (χ4v) is 5.82. The molecule has 1 atom stereocenters. The average molecular weight is 420 g/mol. The normalized spacial score (nSPS) is 18.2. The molecule has 3 heterocycles. The summed E-state index contributed by atoms with van der Waals surface area (Å²) in [5.41, 5.74) is 0.934. The number of ether oxygens (including phenoxy) is 1. The third-order valence-corrected chi connectivity index (χ3v) is 7.47. The Hall–Kier alpha value is -2.23. The standard InChI is InChI=1S/C19H21N3O4S2/c1-25-16-6-2-3-7-17(16)28(23,24)22-9-4-5-14(12-22)11-18-20-19(21-26-18)15-8-10-27-13-15/h2-3,6-8,10,13-14H,4-5,9,11-12H2,1H3. The monoisotopic (exact) mass is 419 g/mol. The molecule has 148 valence electrons. The van der Waals surface area contributed by atoms with Crippen LogP contribution >= 0.6 is 11.3 Å². The summed E-state index contributed by atoms with van der Waals surface area (Å²) in [6.45, 7) is 0.928. The predicted molar refractivity (Wildman–Crippen MR) is 106 cm³/mol. The van der Waals surface area contributed by atoms with Gasteiger partial charge in [0.2, 0.25) is 21.7 Å². The molecule has 1 saturated heterocycles. The number of methoxy groups -OCH3 is 1. The van der Waals surface area contributed by atoms with Crippen molar-refractivity contribution in [3.8, 4) is 17.1 Å². The lowest BCUT2D eigenvalue weighted by Gasteiger charge is -2.31. The Morgan fingerprint density at radius 1 is 1.32 bits per heavy atom. The van der Waals surface area contributed by atoms with Gasteiger partial charge in [-0.1, -0.05) is 17.3 Å². The molecule has 0 amide bonds. The molecule has 3 aromatic rings. The molecule has 1 fully saturated rings. The molecule has 2 aromatic heterocycles. The van der Waals surface area contributed by atoms with Crippen molar-refractivity contribution in [2.45, 2.75) is 24.2 Å². The van der Waals surface area contributed by atoms with Gasteiger partial charge < -0.3 is 9.26 Å². The summed E-state index contributed by atoms with van der Waals surface area (Å²) >= 11 is 1.58. The molecule has 0 saturated carbocycles. The van der Waals surface area contributed by atoms with Gasteiger partial charge in [0.15, 0.2) is 0 Å². The van der Waals surface area contributed by atoms with Gasteiger partial charge in [0, 0.05) is 30.5 Å². The number of nitrogens with zero attached hydrogens (tertiary/aromatic N) is 3. The first-order valence-electron chi connectivity index (χ1n) is 9.06. The summed E-state index contributed by atoms with van der Waals surface area (Å²) in [5, 5.41) is 7.97. The number of sulfonamides is 1. The number of piperidine rings is 1. The maximum absolute atomic E-state index is 13.1. The van der Waals surface area contributed by atoms with E-state index in [0.29, 0.717) is 37.0 Å². The summed E-state index contributed by atoms with van der Waals surface area (Å²) in [4.78, 5) is 4.66. The molecule has 1 unspecified atom stereocenters. The number of thiophene rings is 1. The molecule has 9 heteroatoms. The number of benzene rings is 1. The van der Waals surface area contributed by atoms with Crippen molar-refractivity contribution in [1.82, 2.24) is 14.4 Å². The molecule has 28 heavy (non-hydrogen) atoms. The average Bonchev–Trinajstić information content (AvgIpc) is 3.40. The topological polar surface area (TPSA) is 85.5 Å². The van der Waals surface area contributed by atoms with Gasteiger partial charge in [-0.2, -0.15) is 20.6 Å². The molecule has 0 spiro atoms. The quantitative estimate of drug-likeness (QED) is 0.608. The second kappa shape index (κ2) is 8.02. The highest BCUT2D eigenvalue weighted by atomic mass is 32.2. The minimum Gasteiger partial charge on any atom is -0.495 e.